The van der Waals surface area contributed by atoms with Gasteiger partial charge in [0, 0.05) is 18.8 Å². The molecule has 29 heavy (non-hydrogen) atoms. The van der Waals surface area contributed by atoms with Gasteiger partial charge in [-0.05, 0) is 41.8 Å². The summed E-state index contributed by atoms with van der Waals surface area (Å²) in [4.78, 5) is 18.6. The molecule has 2 aromatic rings. The van der Waals surface area contributed by atoms with E-state index in [4.69, 9.17) is 4.74 Å². The van der Waals surface area contributed by atoms with E-state index >= 15 is 0 Å². The van der Waals surface area contributed by atoms with Gasteiger partial charge in [0.1, 0.15) is 5.75 Å². The van der Waals surface area contributed by atoms with Gasteiger partial charge >= 0.3 is 0 Å². The smallest absolute Gasteiger partial charge is 0.278 e. The highest BCUT2D eigenvalue weighted by atomic mass is 16.5. The number of rotatable bonds is 5. The van der Waals surface area contributed by atoms with Crippen molar-refractivity contribution in [1.82, 2.24) is 4.90 Å². The molecule has 1 N–H and O–H groups in total. The molecule has 1 fully saturated rings. The number of nitrogens with zero attached hydrogens (tertiary/aromatic N) is 2. The lowest BCUT2D eigenvalue weighted by atomic mass is 9.99. The van der Waals surface area contributed by atoms with Crippen LogP contribution in [0.5, 0.6) is 5.75 Å². The Hall–Kier alpha value is -2.79. The number of nitrogens with one attached hydrogen (secondary N) is 1. The molecular formula is C24H30N3O2+. The van der Waals surface area contributed by atoms with Gasteiger partial charge in [-0.3, -0.25) is 4.79 Å². The average Bonchev–Trinajstić information content (AvgIpc) is 2.80. The highest BCUT2D eigenvalue weighted by Crippen LogP contribution is 2.22. The van der Waals surface area contributed by atoms with Crippen molar-refractivity contribution in [3.63, 3.8) is 0 Å². The quantitative estimate of drug-likeness (QED) is 0.842. The van der Waals surface area contributed by atoms with Crippen LogP contribution in [0.4, 0.5) is 5.69 Å². The second-order valence-electron chi connectivity index (χ2n) is 7.80. The van der Waals surface area contributed by atoms with Crippen molar-refractivity contribution >= 4 is 17.2 Å². The van der Waals surface area contributed by atoms with Crippen LogP contribution in [0.2, 0.25) is 0 Å². The van der Waals surface area contributed by atoms with Crippen LogP contribution in [-0.4, -0.2) is 63.7 Å². The van der Waals surface area contributed by atoms with Crippen molar-refractivity contribution in [2.45, 2.75) is 6.42 Å². The molecule has 2 aliphatic rings. The van der Waals surface area contributed by atoms with E-state index in [-0.39, 0.29) is 5.91 Å². The molecular weight excluding hydrogens is 362 g/mol. The summed E-state index contributed by atoms with van der Waals surface area (Å²) in [6.07, 6.45) is 3.16. The summed E-state index contributed by atoms with van der Waals surface area (Å²) in [5.41, 5.74) is 3.86. The second kappa shape index (κ2) is 9.14. The van der Waals surface area contributed by atoms with Crippen molar-refractivity contribution in [1.29, 1.82) is 0 Å². The highest BCUT2D eigenvalue weighted by molar-refractivity contribution is 5.79. The third kappa shape index (κ3) is 4.80. The van der Waals surface area contributed by atoms with Crippen LogP contribution < -0.4 is 14.5 Å². The lowest BCUT2D eigenvalue weighted by molar-refractivity contribution is -0.892. The van der Waals surface area contributed by atoms with Crippen LogP contribution in [0.25, 0.3) is 5.57 Å². The zero-order valence-corrected chi connectivity index (χ0v) is 17.1. The van der Waals surface area contributed by atoms with E-state index in [0.717, 1.165) is 51.4 Å². The number of carbonyl (C=O) groups is 1. The Morgan fingerprint density at radius 1 is 1.00 bits per heavy atom. The van der Waals surface area contributed by atoms with Gasteiger partial charge in [0.15, 0.2) is 6.54 Å². The van der Waals surface area contributed by atoms with Crippen molar-refractivity contribution in [3.8, 4) is 5.75 Å². The molecule has 1 amide bonds. The first-order chi connectivity index (χ1) is 14.2. The normalized spacial score (nSPS) is 17.8. The molecule has 152 valence electrons. The van der Waals surface area contributed by atoms with Crippen molar-refractivity contribution in [3.05, 3.63) is 66.2 Å². The van der Waals surface area contributed by atoms with Gasteiger partial charge in [0.2, 0.25) is 0 Å². The minimum atomic E-state index is 0.279. The molecule has 0 unspecified atom stereocenters. The molecule has 5 heteroatoms. The van der Waals surface area contributed by atoms with E-state index in [1.165, 1.54) is 21.7 Å². The molecule has 2 aromatic carbocycles. The SMILES string of the molecule is COc1ccc(N2CC[NH+](CC(=O)N3CC=C(c4ccccc4)CC3)CC2)cc1. The summed E-state index contributed by atoms with van der Waals surface area (Å²) in [6.45, 7) is 6.11. The van der Waals surface area contributed by atoms with E-state index < -0.39 is 0 Å². The monoisotopic (exact) mass is 392 g/mol. The molecule has 0 atom stereocenters. The fraction of sp³-hybridized carbons (Fsp3) is 0.375. The molecule has 0 saturated carbocycles. The fourth-order valence-corrected chi connectivity index (χ4v) is 4.19. The highest BCUT2D eigenvalue weighted by Gasteiger charge is 2.26. The molecule has 0 aromatic heterocycles. The maximum Gasteiger partial charge on any atom is 0.278 e. The van der Waals surface area contributed by atoms with Gasteiger partial charge in [-0.15, -0.1) is 0 Å². The Balaban J connectivity index is 1.25. The topological polar surface area (TPSA) is 37.2 Å². The zero-order valence-electron chi connectivity index (χ0n) is 17.1. The van der Waals surface area contributed by atoms with E-state index in [9.17, 15) is 4.79 Å². The molecule has 0 aliphatic carbocycles. The van der Waals surface area contributed by atoms with Crippen LogP contribution in [-0.2, 0) is 4.79 Å². The number of piperazine rings is 1. The lowest BCUT2D eigenvalue weighted by Gasteiger charge is -2.34. The van der Waals surface area contributed by atoms with E-state index in [1.807, 2.05) is 23.1 Å². The molecule has 0 radical (unpaired) electrons. The summed E-state index contributed by atoms with van der Waals surface area (Å²) in [7, 11) is 1.69. The third-order valence-corrected chi connectivity index (χ3v) is 6.02. The van der Waals surface area contributed by atoms with Gasteiger partial charge in [-0.2, -0.15) is 0 Å². The molecule has 2 heterocycles. The summed E-state index contributed by atoms with van der Waals surface area (Å²) in [6, 6.07) is 18.7. The second-order valence-corrected chi connectivity index (χ2v) is 7.80. The maximum absolute atomic E-state index is 12.8. The first kappa shape index (κ1) is 19.5. The summed E-state index contributed by atoms with van der Waals surface area (Å²) in [5.74, 6) is 1.16. The van der Waals surface area contributed by atoms with Gasteiger partial charge < -0.3 is 19.4 Å². The van der Waals surface area contributed by atoms with Crippen LogP contribution in [0.3, 0.4) is 0 Å². The number of amides is 1. The minimum absolute atomic E-state index is 0.279. The zero-order chi connectivity index (χ0) is 20.1. The van der Waals surface area contributed by atoms with E-state index in [0.29, 0.717) is 6.54 Å². The molecule has 2 aliphatic heterocycles. The molecule has 0 spiro atoms. The van der Waals surface area contributed by atoms with Crippen LogP contribution in [0.1, 0.15) is 12.0 Å². The number of carbonyl (C=O) groups excluding carboxylic acids is 1. The van der Waals surface area contributed by atoms with Gasteiger partial charge in [0.05, 0.1) is 33.3 Å². The van der Waals surface area contributed by atoms with Gasteiger partial charge in [-0.25, -0.2) is 0 Å². The minimum Gasteiger partial charge on any atom is -0.497 e. The first-order valence-electron chi connectivity index (χ1n) is 10.5. The lowest BCUT2D eigenvalue weighted by Crippen LogP contribution is -3.15. The standard InChI is InChI=1S/C24H29N3O2/c1-29-23-9-7-22(8-10-23)26-17-15-25(16-18-26)19-24(28)27-13-11-21(12-14-27)20-5-3-2-4-6-20/h2-11H,12-19H2,1H3/p+1. The Labute approximate surface area is 173 Å². The molecule has 4 rings (SSSR count). The largest absolute Gasteiger partial charge is 0.497 e. The summed E-state index contributed by atoms with van der Waals surface area (Å²) >= 11 is 0. The molecule has 0 bridgehead atoms. The Morgan fingerprint density at radius 2 is 1.72 bits per heavy atom. The maximum atomic E-state index is 12.8. The number of quaternary nitrogens is 1. The van der Waals surface area contributed by atoms with Crippen molar-refractivity contribution < 1.29 is 14.4 Å². The summed E-state index contributed by atoms with van der Waals surface area (Å²) < 4.78 is 5.24. The average molecular weight is 393 g/mol. The predicted molar refractivity (Wildman–Crippen MR) is 116 cm³/mol. The Morgan fingerprint density at radius 3 is 2.34 bits per heavy atom. The number of hydrogen-bond acceptors (Lipinski definition) is 3. The third-order valence-electron chi connectivity index (χ3n) is 6.02. The molecule has 1 saturated heterocycles. The Kier molecular flexibility index (Phi) is 6.15. The van der Waals surface area contributed by atoms with E-state index in [2.05, 4.69) is 47.4 Å². The number of benzene rings is 2. The molecule has 5 nitrogen and oxygen atoms in total. The van der Waals surface area contributed by atoms with Crippen molar-refractivity contribution in [2.24, 2.45) is 0 Å². The number of hydrogen-bond donors (Lipinski definition) is 1. The van der Waals surface area contributed by atoms with Crippen LogP contribution >= 0.6 is 0 Å². The van der Waals surface area contributed by atoms with Crippen molar-refractivity contribution in [2.75, 3.05) is 57.8 Å². The van der Waals surface area contributed by atoms with Crippen LogP contribution in [0, 0.1) is 0 Å². The van der Waals surface area contributed by atoms with Gasteiger partial charge in [0.25, 0.3) is 5.91 Å². The predicted octanol–water partition coefficient (Wildman–Crippen LogP) is 1.72. The number of methoxy groups -OCH3 is 1. The van der Waals surface area contributed by atoms with Gasteiger partial charge in [-0.1, -0.05) is 36.4 Å². The number of ether oxygens (including phenoxy) is 1. The first-order valence-corrected chi connectivity index (χ1v) is 10.5. The van der Waals surface area contributed by atoms with Crippen LogP contribution in [0.15, 0.2) is 60.7 Å². The van der Waals surface area contributed by atoms with E-state index in [1.54, 1.807) is 7.11 Å². The summed E-state index contributed by atoms with van der Waals surface area (Å²) in [5, 5.41) is 0. The fourth-order valence-electron chi connectivity index (χ4n) is 4.19. The Bertz CT molecular complexity index is 840. The number of anilines is 1.